The first kappa shape index (κ1) is 13.4. The van der Waals surface area contributed by atoms with Crippen LogP contribution in [0, 0.1) is 5.82 Å². The largest absolute Gasteiger partial charge is 0.494 e. The van der Waals surface area contributed by atoms with Crippen LogP contribution in [0.25, 0.3) is 10.2 Å². The van der Waals surface area contributed by atoms with E-state index in [1.165, 1.54) is 17.9 Å². The summed E-state index contributed by atoms with van der Waals surface area (Å²) in [6.45, 7) is 0. The fraction of sp³-hybridized carbons (Fsp3) is 0.133. The van der Waals surface area contributed by atoms with Crippen molar-refractivity contribution in [3.63, 3.8) is 0 Å². The molecule has 0 bridgehead atoms. The monoisotopic (exact) mass is 305 g/mol. The van der Waals surface area contributed by atoms with E-state index >= 15 is 0 Å². The van der Waals surface area contributed by atoms with Crippen molar-refractivity contribution in [1.82, 2.24) is 4.98 Å². The van der Waals surface area contributed by atoms with Gasteiger partial charge < -0.3 is 4.74 Å². The molecule has 2 aromatic carbocycles. The van der Waals surface area contributed by atoms with E-state index in [-0.39, 0.29) is 11.6 Å². The molecule has 1 aromatic heterocycles. The van der Waals surface area contributed by atoms with Crippen molar-refractivity contribution in [3.05, 3.63) is 53.8 Å². The lowest BCUT2D eigenvalue weighted by Gasteiger charge is -2.04. The summed E-state index contributed by atoms with van der Waals surface area (Å²) in [5.41, 5.74) is 1.94. The average Bonchev–Trinajstić information content (AvgIpc) is 2.88. The molecule has 20 heavy (non-hydrogen) atoms. The Morgan fingerprint density at radius 3 is 2.85 bits per heavy atom. The zero-order valence-electron chi connectivity index (χ0n) is 10.8. The van der Waals surface area contributed by atoms with Crippen LogP contribution >= 0.6 is 23.1 Å². The van der Waals surface area contributed by atoms with Gasteiger partial charge in [0.15, 0.2) is 15.9 Å². The fourth-order valence-electron chi connectivity index (χ4n) is 1.86. The van der Waals surface area contributed by atoms with Crippen molar-refractivity contribution in [1.29, 1.82) is 0 Å². The van der Waals surface area contributed by atoms with Crippen LogP contribution in [0.3, 0.4) is 0 Å². The van der Waals surface area contributed by atoms with Crippen LogP contribution < -0.4 is 4.74 Å². The van der Waals surface area contributed by atoms with Gasteiger partial charge in [-0.2, -0.15) is 0 Å². The van der Waals surface area contributed by atoms with Crippen molar-refractivity contribution in [2.24, 2.45) is 0 Å². The maximum Gasteiger partial charge on any atom is 0.165 e. The van der Waals surface area contributed by atoms with Gasteiger partial charge in [0.05, 0.1) is 17.3 Å². The van der Waals surface area contributed by atoms with Crippen LogP contribution in [0.1, 0.15) is 5.56 Å². The van der Waals surface area contributed by atoms with Gasteiger partial charge in [-0.1, -0.05) is 30.0 Å². The fourth-order valence-corrected chi connectivity index (χ4v) is 3.87. The van der Waals surface area contributed by atoms with Crippen LogP contribution in [0.4, 0.5) is 4.39 Å². The number of aromatic nitrogens is 1. The summed E-state index contributed by atoms with van der Waals surface area (Å²) in [5.74, 6) is 0.648. The van der Waals surface area contributed by atoms with Crippen molar-refractivity contribution < 1.29 is 9.13 Å². The highest BCUT2D eigenvalue weighted by Gasteiger charge is 2.06. The van der Waals surface area contributed by atoms with Gasteiger partial charge >= 0.3 is 0 Å². The molecule has 3 rings (SSSR count). The molecule has 102 valence electrons. The summed E-state index contributed by atoms with van der Waals surface area (Å²) >= 11 is 3.28. The van der Waals surface area contributed by atoms with Gasteiger partial charge in [0.25, 0.3) is 0 Å². The summed E-state index contributed by atoms with van der Waals surface area (Å²) in [7, 11) is 1.47. The number of fused-ring (bicyclic) bond motifs is 1. The summed E-state index contributed by atoms with van der Waals surface area (Å²) in [4.78, 5) is 4.55. The Bertz CT molecular complexity index is 709. The predicted molar refractivity (Wildman–Crippen MR) is 82.1 cm³/mol. The van der Waals surface area contributed by atoms with E-state index in [2.05, 4.69) is 11.1 Å². The molecule has 0 N–H and O–H groups in total. The molecule has 0 amide bonds. The van der Waals surface area contributed by atoms with E-state index in [0.29, 0.717) is 5.75 Å². The van der Waals surface area contributed by atoms with Crippen molar-refractivity contribution in [2.45, 2.75) is 10.1 Å². The van der Waals surface area contributed by atoms with Gasteiger partial charge in [-0.05, 0) is 29.8 Å². The molecular formula is C15H12FNOS2. The Hall–Kier alpha value is -1.59. The molecule has 0 aliphatic heterocycles. The number of para-hydroxylation sites is 1. The smallest absolute Gasteiger partial charge is 0.165 e. The number of halogens is 1. The van der Waals surface area contributed by atoms with Crippen molar-refractivity contribution in [3.8, 4) is 5.75 Å². The molecule has 0 atom stereocenters. The molecule has 0 unspecified atom stereocenters. The van der Waals surface area contributed by atoms with Crippen molar-refractivity contribution >= 4 is 33.3 Å². The number of nitrogens with zero attached hydrogens (tertiary/aromatic N) is 1. The molecule has 0 fully saturated rings. The van der Waals surface area contributed by atoms with Gasteiger partial charge in [-0.25, -0.2) is 9.37 Å². The van der Waals surface area contributed by atoms with Gasteiger partial charge in [-0.15, -0.1) is 11.3 Å². The third kappa shape index (κ3) is 2.78. The first-order valence-corrected chi connectivity index (χ1v) is 7.87. The molecule has 0 aliphatic rings. The molecule has 0 aliphatic carbocycles. The maximum absolute atomic E-state index is 13.6. The summed E-state index contributed by atoms with van der Waals surface area (Å²) in [6.07, 6.45) is 0. The predicted octanol–water partition coefficient (Wildman–Crippen LogP) is 4.74. The van der Waals surface area contributed by atoms with E-state index in [1.807, 2.05) is 24.3 Å². The Morgan fingerprint density at radius 1 is 1.25 bits per heavy atom. The molecular weight excluding hydrogens is 293 g/mol. The molecule has 5 heteroatoms. The number of thiazole rings is 1. The van der Waals surface area contributed by atoms with Gasteiger partial charge in [0.2, 0.25) is 0 Å². The first-order valence-electron chi connectivity index (χ1n) is 6.07. The topological polar surface area (TPSA) is 22.1 Å². The summed E-state index contributed by atoms with van der Waals surface area (Å²) in [5, 5.41) is 0. The third-order valence-electron chi connectivity index (χ3n) is 2.85. The maximum atomic E-state index is 13.6. The SMILES string of the molecule is COc1ccc(CSc2nc3ccccc3s2)cc1F. The van der Waals surface area contributed by atoms with Crippen LogP contribution in [0.5, 0.6) is 5.75 Å². The molecule has 0 saturated carbocycles. The Balaban J connectivity index is 1.74. The first-order chi connectivity index (χ1) is 9.76. The zero-order chi connectivity index (χ0) is 13.9. The minimum Gasteiger partial charge on any atom is -0.494 e. The van der Waals surface area contributed by atoms with E-state index < -0.39 is 0 Å². The Kier molecular flexibility index (Phi) is 3.89. The van der Waals surface area contributed by atoms with E-state index in [9.17, 15) is 4.39 Å². The highest BCUT2D eigenvalue weighted by molar-refractivity contribution is 8.00. The third-order valence-corrected chi connectivity index (χ3v) is 5.10. The van der Waals surface area contributed by atoms with Crippen LogP contribution in [0.2, 0.25) is 0 Å². The molecule has 0 radical (unpaired) electrons. The minimum atomic E-state index is -0.324. The molecule has 1 heterocycles. The Labute approximate surface area is 124 Å². The number of methoxy groups -OCH3 is 1. The standard InChI is InChI=1S/C15H12FNOS2/c1-18-13-7-6-10(8-11(13)16)9-19-15-17-12-4-2-3-5-14(12)20-15/h2-8H,9H2,1H3. The van der Waals surface area contributed by atoms with Gasteiger partial charge in [0, 0.05) is 5.75 Å². The lowest BCUT2D eigenvalue weighted by Crippen LogP contribution is -1.89. The lowest BCUT2D eigenvalue weighted by molar-refractivity contribution is 0.386. The second kappa shape index (κ2) is 5.81. The molecule has 3 aromatic rings. The molecule has 0 spiro atoms. The van der Waals surface area contributed by atoms with Crippen LogP contribution in [-0.4, -0.2) is 12.1 Å². The van der Waals surface area contributed by atoms with E-state index in [4.69, 9.17) is 4.74 Å². The second-order valence-electron chi connectivity index (χ2n) is 4.21. The van der Waals surface area contributed by atoms with Gasteiger partial charge in [0.1, 0.15) is 0 Å². The second-order valence-corrected chi connectivity index (χ2v) is 6.46. The van der Waals surface area contributed by atoms with Crippen molar-refractivity contribution in [2.75, 3.05) is 7.11 Å². The average molecular weight is 305 g/mol. The number of benzene rings is 2. The molecule has 2 nitrogen and oxygen atoms in total. The van der Waals surface area contributed by atoms with E-state index in [0.717, 1.165) is 15.4 Å². The number of hydrogen-bond acceptors (Lipinski definition) is 4. The van der Waals surface area contributed by atoms with E-state index in [1.54, 1.807) is 29.2 Å². The number of thioether (sulfide) groups is 1. The summed E-state index contributed by atoms with van der Waals surface area (Å²) < 4.78 is 20.7. The number of rotatable bonds is 4. The minimum absolute atomic E-state index is 0.277. The molecule has 0 saturated heterocycles. The highest BCUT2D eigenvalue weighted by Crippen LogP contribution is 2.31. The normalized spacial score (nSPS) is 10.9. The Morgan fingerprint density at radius 2 is 2.10 bits per heavy atom. The quantitative estimate of drug-likeness (QED) is 0.650. The lowest BCUT2D eigenvalue weighted by atomic mass is 10.2. The zero-order valence-corrected chi connectivity index (χ0v) is 12.4. The number of ether oxygens (including phenoxy) is 1. The number of hydrogen-bond donors (Lipinski definition) is 0. The highest BCUT2D eigenvalue weighted by atomic mass is 32.2. The van der Waals surface area contributed by atoms with Crippen LogP contribution in [-0.2, 0) is 5.75 Å². The van der Waals surface area contributed by atoms with Crippen LogP contribution in [0.15, 0.2) is 46.8 Å². The van der Waals surface area contributed by atoms with Gasteiger partial charge in [-0.3, -0.25) is 0 Å². The summed E-state index contributed by atoms with van der Waals surface area (Å²) in [6, 6.07) is 13.1.